The van der Waals surface area contributed by atoms with Crippen molar-refractivity contribution in [1.82, 2.24) is 10.6 Å². The van der Waals surface area contributed by atoms with E-state index >= 15 is 0 Å². The predicted octanol–water partition coefficient (Wildman–Crippen LogP) is -0.815. The first-order valence-corrected chi connectivity index (χ1v) is 4.29. The average Bonchev–Trinajstić information content (AvgIpc) is 2.09. The van der Waals surface area contributed by atoms with Crippen LogP contribution in [0.5, 0.6) is 0 Å². The van der Waals surface area contributed by atoms with Crippen LogP contribution in [0.15, 0.2) is 0 Å². The van der Waals surface area contributed by atoms with Crippen LogP contribution in [0.3, 0.4) is 0 Å². The molecule has 1 rings (SSSR count). The summed E-state index contributed by atoms with van der Waals surface area (Å²) in [5.74, 6) is -1.04. The lowest BCUT2D eigenvalue weighted by Gasteiger charge is -2.38. The van der Waals surface area contributed by atoms with Crippen molar-refractivity contribution in [3.63, 3.8) is 0 Å². The minimum atomic E-state index is -1.08. The summed E-state index contributed by atoms with van der Waals surface area (Å²) >= 11 is 0. The smallest absolute Gasteiger partial charge is 0.329 e. The minimum absolute atomic E-state index is 0.0936. The lowest BCUT2D eigenvalue weighted by Crippen LogP contribution is -2.62. The van der Waals surface area contributed by atoms with Crippen LogP contribution in [-0.4, -0.2) is 36.1 Å². The fourth-order valence-corrected chi connectivity index (χ4v) is 1.72. The Bertz CT molecular complexity index is 219. The normalized spacial score (nSPS) is 33.8. The molecule has 1 saturated heterocycles. The van der Waals surface area contributed by atoms with Crippen LogP contribution in [0.25, 0.3) is 0 Å². The van der Waals surface area contributed by atoms with Crippen molar-refractivity contribution in [2.75, 3.05) is 13.1 Å². The molecule has 0 bridgehead atoms. The summed E-state index contributed by atoms with van der Waals surface area (Å²) < 4.78 is 0. The molecule has 5 nitrogen and oxygen atoms in total. The van der Waals surface area contributed by atoms with Gasteiger partial charge in [0.2, 0.25) is 6.41 Å². The molecule has 13 heavy (non-hydrogen) atoms. The standard InChI is InChI=1S/C8H14N2O3/c1-6-4-9-3-2-8(6,7(12)13)10-5-11/h5-6,9H,2-4H2,1H3,(H,10,11)(H,12,13). The lowest BCUT2D eigenvalue weighted by atomic mass is 9.80. The van der Waals surface area contributed by atoms with Gasteiger partial charge >= 0.3 is 5.97 Å². The molecule has 1 fully saturated rings. The maximum absolute atomic E-state index is 11.0. The van der Waals surface area contributed by atoms with E-state index < -0.39 is 11.5 Å². The molecule has 2 unspecified atom stereocenters. The van der Waals surface area contributed by atoms with Crippen molar-refractivity contribution in [1.29, 1.82) is 0 Å². The quantitative estimate of drug-likeness (QED) is 0.503. The van der Waals surface area contributed by atoms with E-state index in [4.69, 9.17) is 5.11 Å². The average molecular weight is 186 g/mol. The third-order valence-electron chi connectivity index (χ3n) is 2.69. The Morgan fingerprint density at radius 3 is 2.92 bits per heavy atom. The zero-order chi connectivity index (χ0) is 9.90. The summed E-state index contributed by atoms with van der Waals surface area (Å²) in [5, 5.41) is 14.6. The van der Waals surface area contributed by atoms with E-state index in [1.54, 1.807) is 0 Å². The number of hydrogen-bond donors (Lipinski definition) is 3. The Balaban J connectivity index is 2.85. The van der Waals surface area contributed by atoms with Gasteiger partial charge in [0.05, 0.1) is 0 Å². The molecule has 0 aromatic heterocycles. The molecule has 1 amide bonds. The fourth-order valence-electron chi connectivity index (χ4n) is 1.72. The summed E-state index contributed by atoms with van der Waals surface area (Å²) in [6.07, 6.45) is 0.901. The Hall–Kier alpha value is -1.10. The molecule has 3 N–H and O–H groups in total. The van der Waals surface area contributed by atoms with Crippen molar-refractivity contribution >= 4 is 12.4 Å². The van der Waals surface area contributed by atoms with E-state index in [1.165, 1.54) is 0 Å². The summed E-state index contributed by atoms with van der Waals surface area (Å²) in [6.45, 7) is 3.06. The van der Waals surface area contributed by atoms with E-state index in [0.717, 1.165) is 0 Å². The first kappa shape index (κ1) is 9.98. The monoisotopic (exact) mass is 186 g/mol. The highest BCUT2D eigenvalue weighted by Crippen LogP contribution is 2.23. The maximum Gasteiger partial charge on any atom is 0.329 e. The minimum Gasteiger partial charge on any atom is -0.479 e. The second-order valence-corrected chi connectivity index (χ2v) is 3.39. The van der Waals surface area contributed by atoms with Gasteiger partial charge in [0.15, 0.2) is 0 Å². The fraction of sp³-hybridized carbons (Fsp3) is 0.750. The van der Waals surface area contributed by atoms with Gasteiger partial charge in [-0.1, -0.05) is 6.92 Å². The number of carboxylic acids is 1. The van der Waals surface area contributed by atoms with Gasteiger partial charge in [-0.15, -0.1) is 0 Å². The highest BCUT2D eigenvalue weighted by molar-refractivity contribution is 5.82. The largest absolute Gasteiger partial charge is 0.479 e. The van der Waals surface area contributed by atoms with Gasteiger partial charge in [0.1, 0.15) is 5.54 Å². The third kappa shape index (κ3) is 1.65. The molecule has 5 heteroatoms. The van der Waals surface area contributed by atoms with E-state index in [1.807, 2.05) is 6.92 Å². The van der Waals surface area contributed by atoms with Gasteiger partial charge < -0.3 is 15.7 Å². The molecule has 74 valence electrons. The predicted molar refractivity (Wildman–Crippen MR) is 46.2 cm³/mol. The van der Waals surface area contributed by atoms with Crippen LogP contribution in [-0.2, 0) is 9.59 Å². The van der Waals surface area contributed by atoms with E-state index in [9.17, 15) is 9.59 Å². The zero-order valence-corrected chi connectivity index (χ0v) is 7.54. The highest BCUT2D eigenvalue weighted by atomic mass is 16.4. The molecular weight excluding hydrogens is 172 g/mol. The van der Waals surface area contributed by atoms with E-state index in [0.29, 0.717) is 25.9 Å². The second kappa shape index (κ2) is 3.74. The number of nitrogens with one attached hydrogen (secondary N) is 2. The van der Waals surface area contributed by atoms with Crippen LogP contribution >= 0.6 is 0 Å². The molecule has 2 atom stereocenters. The highest BCUT2D eigenvalue weighted by Gasteiger charge is 2.44. The van der Waals surface area contributed by atoms with Crippen LogP contribution in [0, 0.1) is 5.92 Å². The van der Waals surface area contributed by atoms with Crippen LogP contribution in [0.1, 0.15) is 13.3 Å². The summed E-state index contributed by atoms with van der Waals surface area (Å²) in [4.78, 5) is 21.4. The van der Waals surface area contributed by atoms with Crippen LogP contribution in [0.4, 0.5) is 0 Å². The van der Waals surface area contributed by atoms with Gasteiger partial charge in [0, 0.05) is 12.5 Å². The lowest BCUT2D eigenvalue weighted by molar-refractivity contribution is -0.149. The number of carbonyl (C=O) groups is 2. The van der Waals surface area contributed by atoms with E-state index in [-0.39, 0.29) is 5.92 Å². The summed E-state index contributed by atoms with van der Waals surface area (Å²) in [7, 11) is 0. The molecule has 1 aliphatic rings. The molecule has 0 spiro atoms. The SMILES string of the molecule is CC1CNCCC1(NC=O)C(=O)O. The van der Waals surface area contributed by atoms with Gasteiger partial charge in [0.25, 0.3) is 0 Å². The molecule has 1 aliphatic heterocycles. The topological polar surface area (TPSA) is 78.4 Å². The maximum atomic E-state index is 11.0. The Kier molecular flexibility index (Phi) is 2.87. The Morgan fingerprint density at radius 2 is 2.46 bits per heavy atom. The van der Waals surface area contributed by atoms with Crippen molar-refractivity contribution < 1.29 is 14.7 Å². The number of aliphatic carboxylic acids is 1. The number of carboxylic acid groups (broad SMARTS) is 1. The number of amides is 1. The van der Waals surface area contributed by atoms with Crippen molar-refractivity contribution in [2.24, 2.45) is 5.92 Å². The van der Waals surface area contributed by atoms with Crippen molar-refractivity contribution in [3.05, 3.63) is 0 Å². The Morgan fingerprint density at radius 1 is 1.77 bits per heavy atom. The molecule has 0 aliphatic carbocycles. The summed E-state index contributed by atoms with van der Waals surface area (Å²) in [5.41, 5.74) is -1.08. The summed E-state index contributed by atoms with van der Waals surface area (Å²) in [6, 6.07) is 0. The third-order valence-corrected chi connectivity index (χ3v) is 2.69. The number of rotatable bonds is 3. The zero-order valence-electron chi connectivity index (χ0n) is 7.54. The number of carbonyl (C=O) groups excluding carboxylic acids is 1. The van der Waals surface area contributed by atoms with Crippen LogP contribution < -0.4 is 10.6 Å². The van der Waals surface area contributed by atoms with Gasteiger partial charge in [-0.3, -0.25) is 4.79 Å². The van der Waals surface area contributed by atoms with Crippen molar-refractivity contribution in [3.8, 4) is 0 Å². The van der Waals surface area contributed by atoms with E-state index in [2.05, 4.69) is 10.6 Å². The van der Waals surface area contributed by atoms with Gasteiger partial charge in [-0.2, -0.15) is 0 Å². The van der Waals surface area contributed by atoms with Crippen molar-refractivity contribution in [2.45, 2.75) is 18.9 Å². The number of piperidine rings is 1. The molecule has 0 saturated carbocycles. The van der Waals surface area contributed by atoms with Crippen LogP contribution in [0.2, 0.25) is 0 Å². The first-order chi connectivity index (χ1) is 6.13. The molecule has 0 aromatic rings. The van der Waals surface area contributed by atoms with Gasteiger partial charge in [-0.25, -0.2) is 4.79 Å². The first-order valence-electron chi connectivity index (χ1n) is 4.29. The molecular formula is C8H14N2O3. The molecule has 0 radical (unpaired) electrons. The molecule has 1 heterocycles. The number of hydrogen-bond acceptors (Lipinski definition) is 3. The Labute approximate surface area is 76.5 Å². The second-order valence-electron chi connectivity index (χ2n) is 3.39. The molecule has 0 aromatic carbocycles. The van der Waals surface area contributed by atoms with Gasteiger partial charge in [-0.05, 0) is 13.0 Å².